The van der Waals surface area contributed by atoms with Gasteiger partial charge in [0.25, 0.3) is 5.91 Å². The van der Waals surface area contributed by atoms with Crippen LogP contribution in [0.2, 0.25) is 0 Å². The molecule has 17 heavy (non-hydrogen) atoms. The van der Waals surface area contributed by atoms with Gasteiger partial charge in [0.05, 0.1) is 0 Å². The average Bonchev–Trinajstić information content (AvgIpc) is 2.24. The molecule has 94 valence electrons. The van der Waals surface area contributed by atoms with Crippen molar-refractivity contribution in [1.29, 1.82) is 0 Å². The maximum atomic E-state index is 12.0. The Kier molecular flexibility index (Phi) is 4.68. The van der Waals surface area contributed by atoms with E-state index < -0.39 is 12.5 Å². The summed E-state index contributed by atoms with van der Waals surface area (Å²) in [6, 6.07) is 3.35. The zero-order valence-electron chi connectivity index (χ0n) is 9.24. The van der Waals surface area contributed by atoms with Gasteiger partial charge in [-0.1, -0.05) is 6.92 Å². The van der Waals surface area contributed by atoms with Gasteiger partial charge in [-0.15, -0.1) is 0 Å². The highest BCUT2D eigenvalue weighted by molar-refractivity contribution is 5.95. The molecule has 0 unspecified atom stereocenters. The van der Waals surface area contributed by atoms with Gasteiger partial charge in [-0.2, -0.15) is 8.78 Å². The van der Waals surface area contributed by atoms with E-state index in [2.05, 4.69) is 10.1 Å². The van der Waals surface area contributed by atoms with Gasteiger partial charge in [0, 0.05) is 18.2 Å². The van der Waals surface area contributed by atoms with Crippen LogP contribution >= 0.6 is 0 Å². The first-order valence-electron chi connectivity index (χ1n) is 5.10. The number of aromatic hydroxyl groups is 1. The van der Waals surface area contributed by atoms with E-state index in [0.29, 0.717) is 6.54 Å². The van der Waals surface area contributed by atoms with Crippen molar-refractivity contribution in [2.75, 3.05) is 6.54 Å². The lowest BCUT2D eigenvalue weighted by molar-refractivity contribution is -0.0499. The molecule has 0 aromatic heterocycles. The van der Waals surface area contributed by atoms with E-state index in [1.54, 1.807) is 0 Å². The van der Waals surface area contributed by atoms with E-state index in [1.807, 2.05) is 6.92 Å². The number of halogens is 2. The third-order valence-corrected chi connectivity index (χ3v) is 1.91. The Morgan fingerprint density at radius 3 is 2.76 bits per heavy atom. The van der Waals surface area contributed by atoms with Crippen LogP contribution in [0.4, 0.5) is 8.78 Å². The third-order valence-electron chi connectivity index (χ3n) is 1.91. The average molecular weight is 245 g/mol. The number of benzene rings is 1. The van der Waals surface area contributed by atoms with Gasteiger partial charge >= 0.3 is 6.61 Å². The number of hydrogen-bond acceptors (Lipinski definition) is 3. The van der Waals surface area contributed by atoms with E-state index in [-0.39, 0.29) is 17.1 Å². The monoisotopic (exact) mass is 245 g/mol. The first kappa shape index (κ1) is 13.2. The molecule has 0 saturated carbocycles. The Morgan fingerprint density at radius 2 is 2.18 bits per heavy atom. The molecule has 6 heteroatoms. The highest BCUT2D eigenvalue weighted by Crippen LogP contribution is 2.23. The number of nitrogens with one attached hydrogen (secondary N) is 1. The zero-order chi connectivity index (χ0) is 12.8. The number of ether oxygens (including phenoxy) is 1. The molecule has 2 N–H and O–H groups in total. The third kappa shape index (κ3) is 4.26. The summed E-state index contributed by atoms with van der Waals surface area (Å²) >= 11 is 0. The number of phenols is 1. The van der Waals surface area contributed by atoms with E-state index in [9.17, 15) is 18.7 Å². The van der Waals surface area contributed by atoms with Crippen molar-refractivity contribution in [3.63, 3.8) is 0 Å². The minimum atomic E-state index is -3.00. The molecule has 0 aliphatic rings. The SMILES string of the molecule is CCCNC(=O)c1cc(O)cc(OC(F)F)c1. The molecule has 1 aromatic carbocycles. The van der Waals surface area contributed by atoms with Gasteiger partial charge in [0.1, 0.15) is 11.5 Å². The number of alkyl halides is 2. The zero-order valence-corrected chi connectivity index (χ0v) is 9.24. The van der Waals surface area contributed by atoms with Crippen molar-refractivity contribution >= 4 is 5.91 Å². The summed E-state index contributed by atoms with van der Waals surface area (Å²) in [5.41, 5.74) is 0.0779. The number of carbonyl (C=O) groups excluding carboxylic acids is 1. The second-order valence-electron chi connectivity index (χ2n) is 3.35. The summed E-state index contributed by atoms with van der Waals surface area (Å²) in [7, 11) is 0. The van der Waals surface area contributed by atoms with Crippen LogP contribution < -0.4 is 10.1 Å². The van der Waals surface area contributed by atoms with E-state index in [0.717, 1.165) is 18.6 Å². The van der Waals surface area contributed by atoms with Crippen LogP contribution in [0.15, 0.2) is 18.2 Å². The van der Waals surface area contributed by atoms with Crippen molar-refractivity contribution in [1.82, 2.24) is 5.32 Å². The van der Waals surface area contributed by atoms with E-state index >= 15 is 0 Å². The van der Waals surface area contributed by atoms with Crippen LogP contribution in [0.3, 0.4) is 0 Å². The molecule has 0 heterocycles. The predicted molar refractivity (Wildman–Crippen MR) is 57.4 cm³/mol. The lowest BCUT2D eigenvalue weighted by Crippen LogP contribution is -2.23. The van der Waals surface area contributed by atoms with Crippen molar-refractivity contribution < 1.29 is 23.4 Å². The molecule has 0 fully saturated rings. The van der Waals surface area contributed by atoms with Gasteiger partial charge in [-0.3, -0.25) is 4.79 Å². The van der Waals surface area contributed by atoms with Crippen LogP contribution in [-0.4, -0.2) is 24.2 Å². The largest absolute Gasteiger partial charge is 0.508 e. The summed E-state index contributed by atoms with van der Waals surface area (Å²) in [6.45, 7) is -0.642. The second kappa shape index (κ2) is 6.03. The van der Waals surface area contributed by atoms with Crippen LogP contribution in [-0.2, 0) is 0 Å². The lowest BCUT2D eigenvalue weighted by Gasteiger charge is -2.08. The number of phenolic OH excluding ortho intramolecular Hbond substituents is 1. The number of amides is 1. The summed E-state index contributed by atoms with van der Waals surface area (Å²) in [5, 5.41) is 11.8. The quantitative estimate of drug-likeness (QED) is 0.835. The molecule has 0 aliphatic heterocycles. The molecule has 1 rings (SSSR count). The van der Waals surface area contributed by atoms with Crippen LogP contribution in [0, 0.1) is 0 Å². The molecule has 0 atom stereocenters. The van der Waals surface area contributed by atoms with Crippen LogP contribution in [0.1, 0.15) is 23.7 Å². The minimum absolute atomic E-state index is 0.0779. The highest BCUT2D eigenvalue weighted by atomic mass is 19.3. The predicted octanol–water partition coefficient (Wildman–Crippen LogP) is 2.13. The van der Waals surface area contributed by atoms with Crippen LogP contribution in [0.5, 0.6) is 11.5 Å². The van der Waals surface area contributed by atoms with Crippen LogP contribution in [0.25, 0.3) is 0 Å². The normalized spacial score (nSPS) is 10.4. The van der Waals surface area contributed by atoms with Gasteiger partial charge in [0.15, 0.2) is 0 Å². The number of carbonyl (C=O) groups is 1. The standard InChI is InChI=1S/C11H13F2NO3/c1-2-3-14-10(16)7-4-8(15)6-9(5-7)17-11(12)13/h4-6,11,15H,2-3H2,1H3,(H,14,16). The molecule has 4 nitrogen and oxygen atoms in total. The molecule has 0 spiro atoms. The van der Waals surface area contributed by atoms with Crippen molar-refractivity contribution in [2.45, 2.75) is 20.0 Å². The lowest BCUT2D eigenvalue weighted by atomic mass is 10.2. The highest BCUT2D eigenvalue weighted by Gasteiger charge is 2.11. The summed E-state index contributed by atoms with van der Waals surface area (Å²) in [6.07, 6.45) is 0.755. The molecular formula is C11H13F2NO3. The van der Waals surface area contributed by atoms with Gasteiger partial charge in [0.2, 0.25) is 0 Å². The van der Waals surface area contributed by atoms with Gasteiger partial charge in [-0.05, 0) is 18.6 Å². The molecule has 0 aliphatic carbocycles. The van der Waals surface area contributed by atoms with Gasteiger partial charge < -0.3 is 15.2 Å². The number of hydrogen-bond donors (Lipinski definition) is 2. The first-order valence-corrected chi connectivity index (χ1v) is 5.10. The maximum Gasteiger partial charge on any atom is 0.387 e. The molecule has 0 saturated heterocycles. The Morgan fingerprint density at radius 1 is 1.47 bits per heavy atom. The summed E-state index contributed by atoms with van der Waals surface area (Å²) < 4.78 is 28.1. The Hall–Kier alpha value is -1.85. The maximum absolute atomic E-state index is 12.0. The summed E-state index contributed by atoms with van der Waals surface area (Å²) in [4.78, 5) is 11.5. The fourth-order valence-corrected chi connectivity index (χ4v) is 1.23. The molecule has 1 aromatic rings. The molecule has 0 radical (unpaired) electrons. The molecular weight excluding hydrogens is 232 g/mol. The van der Waals surface area contributed by atoms with E-state index in [1.165, 1.54) is 6.07 Å². The second-order valence-corrected chi connectivity index (χ2v) is 3.35. The van der Waals surface area contributed by atoms with Crippen molar-refractivity contribution in [3.8, 4) is 11.5 Å². The van der Waals surface area contributed by atoms with Crippen molar-refractivity contribution in [2.24, 2.45) is 0 Å². The Bertz CT molecular complexity index is 396. The molecule has 0 bridgehead atoms. The molecule has 1 amide bonds. The topological polar surface area (TPSA) is 58.6 Å². The van der Waals surface area contributed by atoms with E-state index in [4.69, 9.17) is 0 Å². The fourth-order valence-electron chi connectivity index (χ4n) is 1.23. The Balaban J connectivity index is 2.85. The Labute approximate surface area is 97.2 Å². The smallest absolute Gasteiger partial charge is 0.387 e. The first-order chi connectivity index (χ1) is 8.02. The summed E-state index contributed by atoms with van der Waals surface area (Å²) in [5.74, 6) is -0.992. The minimum Gasteiger partial charge on any atom is -0.508 e. The number of rotatable bonds is 5. The van der Waals surface area contributed by atoms with Gasteiger partial charge in [-0.25, -0.2) is 0 Å². The van der Waals surface area contributed by atoms with Crippen molar-refractivity contribution in [3.05, 3.63) is 23.8 Å². The fraction of sp³-hybridized carbons (Fsp3) is 0.364.